The molecule has 0 aliphatic rings. The largest absolute Gasteiger partial charge is 0.307 e. The Bertz CT molecular complexity index is 894. The van der Waals surface area contributed by atoms with Crippen LogP contribution in [0.5, 0.6) is 0 Å². The minimum Gasteiger partial charge on any atom is -0.307 e. The lowest BCUT2D eigenvalue weighted by Crippen LogP contribution is -2.17. The predicted molar refractivity (Wildman–Crippen MR) is 100 cm³/mol. The van der Waals surface area contributed by atoms with E-state index in [1.54, 1.807) is 35.3 Å². The number of hydrogen-bond acceptors (Lipinski definition) is 4. The standard InChI is InChI=1S/C18H17ClN4OS/c1-12(2)23-16(9-11-21-23)22-17(24)13-6-5-10-20-18(13)25-15-8-4-3-7-14(15)19/h3-12H,1-2H3,(H,22,24). The summed E-state index contributed by atoms with van der Waals surface area (Å²) in [5, 5.41) is 8.36. The Morgan fingerprint density at radius 3 is 2.72 bits per heavy atom. The fourth-order valence-electron chi connectivity index (χ4n) is 2.29. The molecule has 1 aromatic carbocycles. The normalized spacial score (nSPS) is 10.9. The molecule has 0 radical (unpaired) electrons. The fraction of sp³-hybridized carbons (Fsp3) is 0.167. The molecule has 0 saturated carbocycles. The lowest BCUT2D eigenvalue weighted by molar-refractivity contribution is 0.102. The number of hydrogen-bond donors (Lipinski definition) is 1. The van der Waals surface area contributed by atoms with Crippen molar-refractivity contribution >= 4 is 35.1 Å². The molecule has 0 bridgehead atoms. The van der Waals surface area contributed by atoms with E-state index in [2.05, 4.69) is 15.4 Å². The Balaban J connectivity index is 1.86. The molecule has 0 saturated heterocycles. The molecule has 2 aromatic heterocycles. The van der Waals surface area contributed by atoms with Crippen molar-refractivity contribution in [2.24, 2.45) is 0 Å². The van der Waals surface area contributed by atoms with E-state index in [9.17, 15) is 4.79 Å². The zero-order valence-electron chi connectivity index (χ0n) is 13.8. The molecule has 0 atom stereocenters. The van der Waals surface area contributed by atoms with Crippen LogP contribution < -0.4 is 5.32 Å². The van der Waals surface area contributed by atoms with Gasteiger partial charge in [0.15, 0.2) is 0 Å². The molecule has 0 unspecified atom stereocenters. The Morgan fingerprint density at radius 1 is 1.16 bits per heavy atom. The third-order valence-corrected chi connectivity index (χ3v) is 5.00. The number of amides is 1. The molecule has 7 heteroatoms. The zero-order valence-corrected chi connectivity index (χ0v) is 15.4. The van der Waals surface area contributed by atoms with Crippen LogP contribution in [0.3, 0.4) is 0 Å². The summed E-state index contributed by atoms with van der Waals surface area (Å²) in [7, 11) is 0. The van der Waals surface area contributed by atoms with E-state index >= 15 is 0 Å². The number of halogens is 1. The molecule has 128 valence electrons. The van der Waals surface area contributed by atoms with Gasteiger partial charge in [-0.3, -0.25) is 4.79 Å². The Kier molecular flexibility index (Phi) is 5.40. The van der Waals surface area contributed by atoms with Gasteiger partial charge in [0, 0.05) is 23.2 Å². The maximum atomic E-state index is 12.7. The molecule has 1 N–H and O–H groups in total. The summed E-state index contributed by atoms with van der Waals surface area (Å²) in [6.45, 7) is 4.01. The molecule has 0 spiro atoms. The summed E-state index contributed by atoms with van der Waals surface area (Å²) in [5.74, 6) is 0.419. The van der Waals surface area contributed by atoms with Gasteiger partial charge in [-0.15, -0.1) is 0 Å². The number of carbonyl (C=O) groups excluding carboxylic acids is 1. The second-order valence-electron chi connectivity index (χ2n) is 5.60. The summed E-state index contributed by atoms with van der Waals surface area (Å²) in [5.41, 5.74) is 0.490. The van der Waals surface area contributed by atoms with Crippen LogP contribution in [-0.2, 0) is 0 Å². The molecule has 25 heavy (non-hydrogen) atoms. The first-order chi connectivity index (χ1) is 12.1. The Labute approximate surface area is 155 Å². The van der Waals surface area contributed by atoms with E-state index in [0.717, 1.165) is 4.90 Å². The van der Waals surface area contributed by atoms with Crippen LogP contribution in [0.25, 0.3) is 0 Å². The van der Waals surface area contributed by atoms with Gasteiger partial charge in [0.1, 0.15) is 10.8 Å². The molecule has 3 aromatic rings. The second-order valence-corrected chi connectivity index (χ2v) is 7.04. The van der Waals surface area contributed by atoms with Gasteiger partial charge in [-0.1, -0.05) is 35.5 Å². The van der Waals surface area contributed by atoms with Gasteiger partial charge in [0.2, 0.25) is 0 Å². The number of pyridine rings is 1. The molecule has 1 amide bonds. The van der Waals surface area contributed by atoms with Crippen LogP contribution in [0.15, 0.2) is 64.8 Å². The third-order valence-electron chi connectivity index (χ3n) is 3.46. The minimum absolute atomic E-state index is 0.149. The first-order valence-electron chi connectivity index (χ1n) is 7.78. The molecular formula is C18H17ClN4OS. The van der Waals surface area contributed by atoms with Crippen molar-refractivity contribution in [3.8, 4) is 0 Å². The lowest BCUT2D eigenvalue weighted by Gasteiger charge is -2.13. The highest BCUT2D eigenvalue weighted by Crippen LogP contribution is 2.33. The van der Waals surface area contributed by atoms with Gasteiger partial charge in [0.05, 0.1) is 16.8 Å². The summed E-state index contributed by atoms with van der Waals surface area (Å²) >= 11 is 7.58. The van der Waals surface area contributed by atoms with Gasteiger partial charge in [-0.2, -0.15) is 5.10 Å². The number of anilines is 1. The van der Waals surface area contributed by atoms with Gasteiger partial charge in [0.25, 0.3) is 5.91 Å². The number of nitrogens with zero attached hydrogens (tertiary/aromatic N) is 3. The van der Waals surface area contributed by atoms with Crippen molar-refractivity contribution in [2.45, 2.75) is 29.8 Å². The van der Waals surface area contributed by atoms with Crippen molar-refractivity contribution in [3.05, 3.63) is 65.4 Å². The summed E-state index contributed by atoms with van der Waals surface area (Å²) in [6, 6.07) is 12.9. The molecular weight excluding hydrogens is 356 g/mol. The molecule has 0 fully saturated rings. The SMILES string of the molecule is CC(C)n1nccc1NC(=O)c1cccnc1Sc1ccccc1Cl. The first-order valence-corrected chi connectivity index (χ1v) is 8.98. The number of aromatic nitrogens is 3. The van der Waals surface area contributed by atoms with Gasteiger partial charge >= 0.3 is 0 Å². The van der Waals surface area contributed by atoms with Crippen LogP contribution in [0.2, 0.25) is 5.02 Å². The highest BCUT2D eigenvalue weighted by atomic mass is 35.5. The average molecular weight is 373 g/mol. The summed E-state index contributed by atoms with van der Waals surface area (Å²) in [4.78, 5) is 17.9. The first kappa shape index (κ1) is 17.5. The summed E-state index contributed by atoms with van der Waals surface area (Å²) in [6.07, 6.45) is 3.33. The molecule has 2 heterocycles. The molecule has 5 nitrogen and oxygen atoms in total. The number of carbonyl (C=O) groups is 1. The van der Waals surface area contributed by atoms with Crippen LogP contribution in [0.4, 0.5) is 5.82 Å². The maximum absolute atomic E-state index is 12.7. The fourth-order valence-corrected chi connectivity index (χ4v) is 3.44. The Morgan fingerprint density at radius 2 is 1.96 bits per heavy atom. The highest BCUT2D eigenvalue weighted by Gasteiger charge is 2.16. The van der Waals surface area contributed by atoms with Crippen molar-refractivity contribution in [1.82, 2.24) is 14.8 Å². The predicted octanol–water partition coefficient (Wildman–Crippen LogP) is 4.92. The minimum atomic E-state index is -0.231. The van der Waals surface area contributed by atoms with Gasteiger partial charge in [-0.05, 0) is 38.1 Å². The van der Waals surface area contributed by atoms with Crippen molar-refractivity contribution in [1.29, 1.82) is 0 Å². The van der Waals surface area contributed by atoms with Crippen molar-refractivity contribution < 1.29 is 4.79 Å². The van der Waals surface area contributed by atoms with Crippen LogP contribution >= 0.6 is 23.4 Å². The summed E-state index contributed by atoms with van der Waals surface area (Å²) < 4.78 is 1.76. The molecule has 0 aliphatic heterocycles. The van der Waals surface area contributed by atoms with E-state index in [1.807, 2.05) is 38.1 Å². The zero-order chi connectivity index (χ0) is 17.8. The smallest absolute Gasteiger partial charge is 0.259 e. The number of nitrogens with one attached hydrogen (secondary N) is 1. The van der Waals surface area contributed by atoms with E-state index in [1.165, 1.54) is 11.8 Å². The third kappa shape index (κ3) is 4.03. The second kappa shape index (κ2) is 7.72. The number of benzene rings is 1. The topological polar surface area (TPSA) is 59.8 Å². The van der Waals surface area contributed by atoms with Gasteiger partial charge in [-0.25, -0.2) is 9.67 Å². The lowest BCUT2D eigenvalue weighted by atomic mass is 10.2. The molecule has 0 aliphatic carbocycles. The van der Waals surface area contributed by atoms with Crippen molar-refractivity contribution in [2.75, 3.05) is 5.32 Å². The van der Waals surface area contributed by atoms with E-state index in [0.29, 0.717) is 21.4 Å². The monoisotopic (exact) mass is 372 g/mol. The van der Waals surface area contributed by atoms with E-state index < -0.39 is 0 Å². The van der Waals surface area contributed by atoms with Crippen LogP contribution in [0, 0.1) is 0 Å². The van der Waals surface area contributed by atoms with Crippen LogP contribution in [0.1, 0.15) is 30.2 Å². The highest BCUT2D eigenvalue weighted by molar-refractivity contribution is 7.99. The number of rotatable bonds is 5. The quantitative estimate of drug-likeness (QED) is 0.690. The van der Waals surface area contributed by atoms with E-state index in [-0.39, 0.29) is 11.9 Å². The van der Waals surface area contributed by atoms with E-state index in [4.69, 9.17) is 11.6 Å². The molecule has 3 rings (SSSR count). The average Bonchev–Trinajstić information content (AvgIpc) is 3.06. The van der Waals surface area contributed by atoms with Gasteiger partial charge < -0.3 is 5.32 Å². The van der Waals surface area contributed by atoms with Crippen molar-refractivity contribution in [3.63, 3.8) is 0 Å². The maximum Gasteiger partial charge on any atom is 0.259 e. The Hall–Kier alpha value is -2.31. The van der Waals surface area contributed by atoms with Crippen LogP contribution in [-0.4, -0.2) is 20.7 Å².